The van der Waals surface area contributed by atoms with Crippen molar-refractivity contribution in [2.24, 2.45) is 5.10 Å². The van der Waals surface area contributed by atoms with E-state index in [1.807, 2.05) is 5.01 Å². The second kappa shape index (κ2) is 4.42. The van der Waals surface area contributed by atoms with Crippen LogP contribution in [0.4, 0.5) is 0 Å². The van der Waals surface area contributed by atoms with Gasteiger partial charge in [-0.1, -0.05) is 6.58 Å². The second-order valence-electron chi connectivity index (χ2n) is 3.75. The lowest BCUT2D eigenvalue weighted by molar-refractivity contribution is 0.245. The summed E-state index contributed by atoms with van der Waals surface area (Å²) >= 11 is 0. The van der Waals surface area contributed by atoms with Crippen LogP contribution in [0.15, 0.2) is 17.4 Å². The summed E-state index contributed by atoms with van der Waals surface area (Å²) in [6, 6.07) is 0.585. The van der Waals surface area contributed by atoms with Crippen molar-refractivity contribution in [2.75, 3.05) is 19.6 Å². The van der Waals surface area contributed by atoms with Crippen LogP contribution in [0.3, 0.4) is 0 Å². The zero-order valence-electron chi connectivity index (χ0n) is 8.66. The van der Waals surface area contributed by atoms with Crippen LogP contribution in [0.5, 0.6) is 0 Å². The monoisotopic (exact) mass is 181 g/mol. The molecule has 13 heavy (non-hydrogen) atoms. The number of nitrogens with zero attached hydrogens (tertiary/aromatic N) is 3. The van der Waals surface area contributed by atoms with Gasteiger partial charge in [0.1, 0.15) is 0 Å². The van der Waals surface area contributed by atoms with E-state index in [0.29, 0.717) is 6.04 Å². The molecule has 0 aromatic rings. The lowest BCUT2D eigenvalue weighted by Crippen LogP contribution is -2.32. The molecule has 1 saturated heterocycles. The summed E-state index contributed by atoms with van der Waals surface area (Å²) in [6.45, 7) is 15.0. The van der Waals surface area contributed by atoms with E-state index in [4.69, 9.17) is 0 Å². The van der Waals surface area contributed by atoms with Gasteiger partial charge < -0.3 is 0 Å². The average molecular weight is 181 g/mol. The third kappa shape index (κ3) is 2.56. The molecule has 0 amide bonds. The maximum atomic E-state index is 4.01. The highest BCUT2D eigenvalue weighted by molar-refractivity contribution is 5.23. The predicted octanol–water partition coefficient (Wildman–Crippen LogP) is 1.53. The summed E-state index contributed by atoms with van der Waals surface area (Å²) in [4.78, 5) is 2.41. The molecule has 1 aliphatic heterocycles. The number of rotatable bonds is 2. The first-order chi connectivity index (χ1) is 6.15. The number of hydrazone groups is 1. The fourth-order valence-electron chi connectivity index (χ4n) is 1.59. The Bertz CT molecular complexity index is 198. The molecule has 0 atom stereocenters. The largest absolute Gasteiger partial charge is 0.295 e. The summed E-state index contributed by atoms with van der Waals surface area (Å²) in [6.07, 6.45) is 1.14. The smallest absolute Gasteiger partial charge is 0.0436 e. The Morgan fingerprint density at radius 3 is 2.62 bits per heavy atom. The topological polar surface area (TPSA) is 18.8 Å². The van der Waals surface area contributed by atoms with E-state index in [0.717, 1.165) is 31.8 Å². The first-order valence-corrected chi connectivity index (χ1v) is 4.81. The van der Waals surface area contributed by atoms with Crippen molar-refractivity contribution in [2.45, 2.75) is 26.3 Å². The van der Waals surface area contributed by atoms with Crippen LogP contribution in [0, 0.1) is 0 Å². The molecule has 74 valence electrons. The van der Waals surface area contributed by atoms with E-state index in [-0.39, 0.29) is 0 Å². The summed E-state index contributed by atoms with van der Waals surface area (Å²) in [5, 5.41) is 5.84. The van der Waals surface area contributed by atoms with Crippen LogP contribution in [0.25, 0.3) is 0 Å². The van der Waals surface area contributed by atoms with E-state index in [9.17, 15) is 0 Å². The lowest BCUT2D eigenvalue weighted by atomic mass is 10.3. The van der Waals surface area contributed by atoms with Crippen LogP contribution in [0.2, 0.25) is 0 Å². The van der Waals surface area contributed by atoms with Gasteiger partial charge in [0.05, 0.1) is 0 Å². The average Bonchev–Trinajstić information content (AvgIpc) is 2.26. The zero-order chi connectivity index (χ0) is 9.84. The normalized spacial score (nSPS) is 20.5. The molecule has 1 fully saturated rings. The Kier molecular flexibility index (Phi) is 3.48. The van der Waals surface area contributed by atoms with Crippen LogP contribution >= 0.6 is 0 Å². The van der Waals surface area contributed by atoms with E-state index in [1.165, 1.54) is 0 Å². The molecule has 0 aliphatic carbocycles. The van der Waals surface area contributed by atoms with Gasteiger partial charge in [-0.25, -0.2) is 0 Å². The second-order valence-corrected chi connectivity index (χ2v) is 3.75. The molecule has 0 saturated carbocycles. The molecule has 1 rings (SSSR count). The van der Waals surface area contributed by atoms with Gasteiger partial charge in [-0.15, -0.1) is 0 Å². The minimum Gasteiger partial charge on any atom is -0.295 e. The fraction of sp³-hybridized carbons (Fsp3) is 0.700. The van der Waals surface area contributed by atoms with E-state index < -0.39 is 0 Å². The Labute approximate surface area is 80.7 Å². The van der Waals surface area contributed by atoms with Crippen molar-refractivity contribution in [3.8, 4) is 0 Å². The Morgan fingerprint density at radius 1 is 1.38 bits per heavy atom. The molecular formula is C10H19N3. The third-order valence-electron chi connectivity index (χ3n) is 2.47. The molecule has 1 heterocycles. The maximum absolute atomic E-state index is 4.01. The maximum Gasteiger partial charge on any atom is 0.0436 e. The van der Waals surface area contributed by atoms with Gasteiger partial charge in [-0.3, -0.25) is 9.91 Å². The van der Waals surface area contributed by atoms with Gasteiger partial charge in [0.25, 0.3) is 0 Å². The van der Waals surface area contributed by atoms with Crippen LogP contribution < -0.4 is 0 Å². The molecule has 0 unspecified atom stereocenters. The highest BCUT2D eigenvalue weighted by Gasteiger charge is 2.17. The van der Waals surface area contributed by atoms with E-state index in [1.54, 1.807) is 0 Å². The van der Waals surface area contributed by atoms with Gasteiger partial charge in [0.2, 0.25) is 0 Å². The van der Waals surface area contributed by atoms with Gasteiger partial charge in [-0.05, 0) is 20.3 Å². The van der Waals surface area contributed by atoms with Gasteiger partial charge in [-0.2, -0.15) is 5.10 Å². The molecular weight excluding hydrogens is 162 g/mol. The highest BCUT2D eigenvalue weighted by atomic mass is 15.5. The van der Waals surface area contributed by atoms with Crippen LogP contribution in [0.1, 0.15) is 20.3 Å². The van der Waals surface area contributed by atoms with Crippen molar-refractivity contribution in [1.82, 2.24) is 9.91 Å². The zero-order valence-corrected chi connectivity index (χ0v) is 8.66. The number of hydrogen-bond donors (Lipinski definition) is 0. The molecule has 3 nitrogen and oxygen atoms in total. The predicted molar refractivity (Wildman–Crippen MR) is 56.7 cm³/mol. The van der Waals surface area contributed by atoms with Crippen molar-refractivity contribution < 1.29 is 0 Å². The first-order valence-electron chi connectivity index (χ1n) is 4.81. The Morgan fingerprint density at radius 2 is 2.08 bits per heavy atom. The quantitative estimate of drug-likeness (QED) is 0.602. The molecule has 0 aromatic carbocycles. The summed E-state index contributed by atoms with van der Waals surface area (Å²) in [7, 11) is 0. The lowest BCUT2D eigenvalue weighted by Gasteiger charge is -2.25. The van der Waals surface area contributed by atoms with Crippen molar-refractivity contribution in [3.63, 3.8) is 0 Å². The molecule has 0 spiro atoms. The number of hydrogen-bond acceptors (Lipinski definition) is 3. The molecule has 0 bridgehead atoms. The van der Waals surface area contributed by atoms with Crippen molar-refractivity contribution in [1.29, 1.82) is 0 Å². The summed E-state index contributed by atoms with van der Waals surface area (Å²) < 4.78 is 0. The minimum absolute atomic E-state index is 0.585. The first kappa shape index (κ1) is 10.3. The van der Waals surface area contributed by atoms with Crippen molar-refractivity contribution in [3.05, 3.63) is 12.3 Å². The van der Waals surface area contributed by atoms with Gasteiger partial charge in [0, 0.05) is 38.1 Å². The third-order valence-corrected chi connectivity index (χ3v) is 2.47. The standard InChI is InChI=1S/C10H19N3/c1-9(2)12-6-5-7-13(11-4)10(3)8-12/h9H,3-8H2,1-2H3. The van der Waals surface area contributed by atoms with Gasteiger partial charge >= 0.3 is 0 Å². The van der Waals surface area contributed by atoms with Crippen LogP contribution in [-0.4, -0.2) is 42.3 Å². The van der Waals surface area contributed by atoms with Crippen LogP contribution in [-0.2, 0) is 0 Å². The fourth-order valence-corrected chi connectivity index (χ4v) is 1.59. The molecule has 0 aromatic heterocycles. The summed E-state index contributed by atoms with van der Waals surface area (Å²) in [5.74, 6) is 0. The van der Waals surface area contributed by atoms with E-state index >= 15 is 0 Å². The molecule has 3 heteroatoms. The molecule has 1 aliphatic rings. The summed E-state index contributed by atoms with van der Waals surface area (Å²) in [5.41, 5.74) is 1.06. The van der Waals surface area contributed by atoms with Crippen molar-refractivity contribution >= 4 is 6.72 Å². The Hall–Kier alpha value is -0.830. The molecule has 0 N–H and O–H groups in total. The molecule has 0 radical (unpaired) electrons. The van der Waals surface area contributed by atoms with Gasteiger partial charge in [0.15, 0.2) is 0 Å². The minimum atomic E-state index is 0.585. The Balaban J connectivity index is 2.60. The highest BCUT2D eigenvalue weighted by Crippen LogP contribution is 2.13. The van der Waals surface area contributed by atoms with E-state index in [2.05, 4.69) is 37.1 Å². The SMILES string of the molecule is C=NN1CCCN(C(C)C)CC1=C.